The third-order valence-corrected chi connectivity index (χ3v) is 1.74. The SMILES string of the molecule is OC(O)C(F)C(F)C(F)C(F)C(F)C(F)F. The zero-order chi connectivity index (χ0) is 13.0. The summed E-state index contributed by atoms with van der Waals surface area (Å²) in [5.74, 6) is 0. The number of alkyl halides is 7. The van der Waals surface area contributed by atoms with Gasteiger partial charge >= 0.3 is 0 Å². The number of halogens is 7. The van der Waals surface area contributed by atoms with E-state index in [1.165, 1.54) is 0 Å². The molecule has 0 amide bonds. The summed E-state index contributed by atoms with van der Waals surface area (Å²) in [6, 6.07) is 0. The second kappa shape index (κ2) is 6.24. The van der Waals surface area contributed by atoms with E-state index >= 15 is 0 Å². The standard InChI is InChI=1S/C7H9F7O2/c8-1(2(9)4(11)6(13)14)3(10)5(12)7(15)16/h1-7,15-16H. The second-order valence-electron chi connectivity index (χ2n) is 2.97. The lowest BCUT2D eigenvalue weighted by molar-refractivity contribution is -0.134. The molecule has 98 valence electrons. The van der Waals surface area contributed by atoms with E-state index in [0.717, 1.165) is 0 Å². The van der Waals surface area contributed by atoms with E-state index in [2.05, 4.69) is 0 Å². The fourth-order valence-corrected chi connectivity index (χ4v) is 0.830. The Bertz CT molecular complexity index is 183. The van der Waals surface area contributed by atoms with Gasteiger partial charge in [0, 0.05) is 0 Å². The number of rotatable bonds is 6. The maximum absolute atomic E-state index is 12.6. The van der Waals surface area contributed by atoms with Crippen molar-refractivity contribution in [2.75, 3.05) is 0 Å². The maximum atomic E-state index is 12.6. The molecule has 0 spiro atoms. The summed E-state index contributed by atoms with van der Waals surface area (Å²) < 4.78 is 85.5. The maximum Gasteiger partial charge on any atom is 0.272 e. The first-order valence-corrected chi connectivity index (χ1v) is 4.04. The van der Waals surface area contributed by atoms with E-state index in [0.29, 0.717) is 0 Å². The van der Waals surface area contributed by atoms with Crippen molar-refractivity contribution in [2.24, 2.45) is 0 Å². The summed E-state index contributed by atoms with van der Waals surface area (Å²) in [5, 5.41) is 16.2. The van der Waals surface area contributed by atoms with Gasteiger partial charge in [0.1, 0.15) is 0 Å². The molecule has 0 saturated carbocycles. The third kappa shape index (κ3) is 3.78. The number of hydrogen-bond acceptors (Lipinski definition) is 2. The molecule has 0 aromatic heterocycles. The first kappa shape index (κ1) is 15.4. The first-order valence-electron chi connectivity index (χ1n) is 4.04. The molecular weight excluding hydrogens is 249 g/mol. The number of aliphatic hydroxyl groups excluding tert-OH is 1. The fourth-order valence-electron chi connectivity index (χ4n) is 0.830. The van der Waals surface area contributed by atoms with Crippen LogP contribution in [0.5, 0.6) is 0 Å². The zero-order valence-electron chi connectivity index (χ0n) is 7.58. The van der Waals surface area contributed by atoms with Crippen LogP contribution in [0.25, 0.3) is 0 Å². The number of hydrogen-bond donors (Lipinski definition) is 2. The molecule has 5 atom stereocenters. The number of aliphatic hydroxyl groups is 2. The Labute approximate surface area is 85.7 Å². The van der Waals surface area contributed by atoms with E-state index < -0.39 is 43.6 Å². The van der Waals surface area contributed by atoms with Gasteiger partial charge in [-0.1, -0.05) is 0 Å². The van der Waals surface area contributed by atoms with Crippen molar-refractivity contribution >= 4 is 0 Å². The molecule has 0 aliphatic rings. The van der Waals surface area contributed by atoms with Crippen LogP contribution in [0.4, 0.5) is 30.7 Å². The van der Waals surface area contributed by atoms with Crippen LogP contribution >= 0.6 is 0 Å². The van der Waals surface area contributed by atoms with E-state index in [1.54, 1.807) is 0 Å². The molecule has 2 N–H and O–H groups in total. The largest absolute Gasteiger partial charge is 0.366 e. The lowest BCUT2D eigenvalue weighted by Gasteiger charge is -2.22. The lowest BCUT2D eigenvalue weighted by atomic mass is 10.0. The van der Waals surface area contributed by atoms with E-state index in [4.69, 9.17) is 10.2 Å². The Morgan fingerprint density at radius 1 is 0.500 bits per heavy atom. The Kier molecular flexibility index (Phi) is 6.01. The molecule has 0 aliphatic heterocycles. The van der Waals surface area contributed by atoms with Crippen LogP contribution in [0.3, 0.4) is 0 Å². The molecular formula is C7H9F7O2. The summed E-state index contributed by atoms with van der Waals surface area (Å²) in [6.07, 6.45) is -24.3. The van der Waals surface area contributed by atoms with Crippen LogP contribution < -0.4 is 0 Å². The molecule has 0 radical (unpaired) electrons. The van der Waals surface area contributed by atoms with Gasteiger partial charge in [-0.2, -0.15) is 0 Å². The van der Waals surface area contributed by atoms with Crippen molar-refractivity contribution < 1.29 is 40.9 Å². The molecule has 0 aliphatic carbocycles. The lowest BCUT2D eigenvalue weighted by Crippen LogP contribution is -2.45. The normalized spacial score (nSPS) is 21.9. The quantitative estimate of drug-likeness (QED) is 0.556. The molecule has 0 heterocycles. The summed E-state index contributed by atoms with van der Waals surface area (Å²) in [4.78, 5) is 0. The van der Waals surface area contributed by atoms with Crippen LogP contribution in [0.15, 0.2) is 0 Å². The molecule has 16 heavy (non-hydrogen) atoms. The third-order valence-electron chi connectivity index (χ3n) is 1.74. The predicted molar refractivity (Wildman–Crippen MR) is 38.7 cm³/mol. The van der Waals surface area contributed by atoms with Crippen LogP contribution in [0.2, 0.25) is 0 Å². The highest BCUT2D eigenvalue weighted by Crippen LogP contribution is 2.24. The van der Waals surface area contributed by atoms with Gasteiger partial charge in [-0.3, -0.25) is 0 Å². The highest BCUT2D eigenvalue weighted by molar-refractivity contribution is 4.87. The minimum absolute atomic E-state index is 2.95. The summed E-state index contributed by atoms with van der Waals surface area (Å²) in [5.41, 5.74) is 0. The van der Waals surface area contributed by atoms with E-state index in [1.807, 2.05) is 0 Å². The Balaban J connectivity index is 4.48. The molecule has 0 fully saturated rings. The minimum atomic E-state index is -3.89. The van der Waals surface area contributed by atoms with Crippen molar-refractivity contribution in [3.05, 3.63) is 0 Å². The molecule has 9 heteroatoms. The topological polar surface area (TPSA) is 40.5 Å². The molecule has 0 saturated heterocycles. The van der Waals surface area contributed by atoms with Gasteiger partial charge in [0.25, 0.3) is 6.43 Å². The van der Waals surface area contributed by atoms with E-state index in [-0.39, 0.29) is 0 Å². The van der Waals surface area contributed by atoms with Crippen molar-refractivity contribution in [2.45, 2.75) is 43.6 Å². The van der Waals surface area contributed by atoms with Crippen LogP contribution in [-0.2, 0) is 0 Å². The predicted octanol–water partition coefficient (Wildman–Crippen LogP) is 1.25. The smallest absolute Gasteiger partial charge is 0.272 e. The van der Waals surface area contributed by atoms with Crippen LogP contribution in [0.1, 0.15) is 0 Å². The van der Waals surface area contributed by atoms with Crippen molar-refractivity contribution in [3.8, 4) is 0 Å². The van der Waals surface area contributed by atoms with Gasteiger partial charge in [-0.15, -0.1) is 0 Å². The highest BCUT2D eigenvalue weighted by Gasteiger charge is 2.45. The Morgan fingerprint density at radius 2 is 0.812 bits per heavy atom. The second-order valence-corrected chi connectivity index (χ2v) is 2.97. The van der Waals surface area contributed by atoms with Crippen LogP contribution in [0, 0.1) is 0 Å². The molecule has 0 aromatic carbocycles. The fraction of sp³-hybridized carbons (Fsp3) is 1.00. The van der Waals surface area contributed by atoms with Crippen molar-refractivity contribution in [3.63, 3.8) is 0 Å². The zero-order valence-corrected chi connectivity index (χ0v) is 7.58. The molecule has 0 aromatic rings. The monoisotopic (exact) mass is 258 g/mol. The average Bonchev–Trinajstić information content (AvgIpc) is 2.23. The average molecular weight is 258 g/mol. The minimum Gasteiger partial charge on any atom is -0.366 e. The van der Waals surface area contributed by atoms with Gasteiger partial charge in [-0.05, 0) is 0 Å². The molecule has 2 nitrogen and oxygen atoms in total. The molecule has 0 bridgehead atoms. The van der Waals surface area contributed by atoms with Crippen LogP contribution in [-0.4, -0.2) is 53.8 Å². The summed E-state index contributed by atoms with van der Waals surface area (Å²) in [7, 11) is 0. The Hall–Kier alpha value is -0.570. The summed E-state index contributed by atoms with van der Waals surface area (Å²) >= 11 is 0. The molecule has 0 rings (SSSR count). The van der Waals surface area contributed by atoms with Crippen molar-refractivity contribution in [1.82, 2.24) is 0 Å². The first-order chi connectivity index (χ1) is 7.20. The summed E-state index contributed by atoms with van der Waals surface area (Å²) in [6.45, 7) is 0. The highest BCUT2D eigenvalue weighted by atomic mass is 19.3. The van der Waals surface area contributed by atoms with Gasteiger partial charge < -0.3 is 10.2 Å². The van der Waals surface area contributed by atoms with Gasteiger partial charge in [-0.25, -0.2) is 30.7 Å². The Morgan fingerprint density at radius 3 is 1.12 bits per heavy atom. The molecule has 5 unspecified atom stereocenters. The van der Waals surface area contributed by atoms with Gasteiger partial charge in [0.05, 0.1) is 0 Å². The van der Waals surface area contributed by atoms with E-state index in [9.17, 15) is 30.7 Å². The van der Waals surface area contributed by atoms with Gasteiger partial charge in [0.2, 0.25) is 0 Å². The van der Waals surface area contributed by atoms with Crippen molar-refractivity contribution in [1.29, 1.82) is 0 Å². The van der Waals surface area contributed by atoms with Gasteiger partial charge in [0.15, 0.2) is 37.1 Å².